The van der Waals surface area contributed by atoms with Crippen LogP contribution in [0.25, 0.3) is 6.08 Å². The van der Waals surface area contributed by atoms with Gasteiger partial charge < -0.3 is 19.4 Å². The number of aromatic nitrogens is 1. The second kappa shape index (κ2) is 10.5. The molecule has 1 saturated heterocycles. The fraction of sp³-hybridized carbons (Fsp3) is 0.182. The van der Waals surface area contributed by atoms with Crippen LogP contribution < -0.4 is 39.4 Å². The third kappa shape index (κ3) is 5.22. The number of pyridine rings is 1. The van der Waals surface area contributed by atoms with Crippen LogP contribution in [0.4, 0.5) is 0 Å². The van der Waals surface area contributed by atoms with Gasteiger partial charge in [-0.05, 0) is 30.3 Å². The molecule has 3 heterocycles. The van der Waals surface area contributed by atoms with Gasteiger partial charge in [0.15, 0.2) is 21.8 Å². The summed E-state index contributed by atoms with van der Waals surface area (Å²) in [5.41, 5.74) is -0.619. The molecule has 1 amide bonds. The smallest absolute Gasteiger partial charge is 0.543 e. The van der Waals surface area contributed by atoms with Crippen molar-refractivity contribution >= 4 is 33.8 Å². The molecule has 1 atom stereocenters. The molecule has 1 fully saturated rings. The van der Waals surface area contributed by atoms with E-state index in [1.54, 1.807) is 48.5 Å². The van der Waals surface area contributed by atoms with E-state index in [9.17, 15) is 27.9 Å². The fourth-order valence-electron chi connectivity index (χ4n) is 3.53. The summed E-state index contributed by atoms with van der Waals surface area (Å²) < 4.78 is 36.0. The molecule has 0 spiro atoms. The van der Waals surface area contributed by atoms with Gasteiger partial charge in [-0.1, -0.05) is 24.3 Å². The molecule has 0 N–H and O–H groups in total. The Morgan fingerprint density at radius 3 is 2.50 bits per heavy atom. The van der Waals surface area contributed by atoms with Crippen molar-refractivity contribution in [2.75, 3.05) is 19.0 Å². The van der Waals surface area contributed by atoms with E-state index in [0.717, 1.165) is 0 Å². The summed E-state index contributed by atoms with van der Waals surface area (Å²) in [6, 6.07) is 13.3. The Balaban J connectivity index is 0.00000324. The number of amides is 1. The number of β-lactam (4-membered cyclic amide) rings is 1. The van der Waals surface area contributed by atoms with E-state index in [-0.39, 0.29) is 40.7 Å². The number of ether oxygens (including phenoxy) is 2. The van der Waals surface area contributed by atoms with Gasteiger partial charge in [0.2, 0.25) is 0 Å². The van der Waals surface area contributed by atoms with Gasteiger partial charge in [-0.15, -0.1) is 0 Å². The number of carbonyl (C=O) groups is 3. The number of carboxylic acids is 1. The Morgan fingerprint density at radius 1 is 1.15 bits per heavy atom. The zero-order valence-electron chi connectivity index (χ0n) is 18.0. The molecule has 34 heavy (non-hydrogen) atoms. The molecular weight excluding hydrogens is 475 g/mol. The average Bonchev–Trinajstić information content (AvgIpc) is 2.80. The van der Waals surface area contributed by atoms with Gasteiger partial charge >= 0.3 is 35.5 Å². The number of rotatable bonds is 7. The van der Waals surface area contributed by atoms with Crippen molar-refractivity contribution in [3.63, 3.8) is 0 Å². The van der Waals surface area contributed by atoms with Crippen LogP contribution in [-0.4, -0.2) is 60.5 Å². The average molecular weight is 492 g/mol. The SMILES string of the molecule is O=C(COc1ccccc1)OCC1=C(C(=O)[O-])N2C(=O)/C(=C/c3ccccn3)C2S(=O)(=O)C1.[Na+]. The zero-order chi connectivity index (χ0) is 23.6. The van der Waals surface area contributed by atoms with Gasteiger partial charge in [-0.25, -0.2) is 13.2 Å². The van der Waals surface area contributed by atoms with Crippen molar-refractivity contribution in [3.05, 3.63) is 77.3 Å². The Bertz CT molecular complexity index is 1280. The van der Waals surface area contributed by atoms with Gasteiger partial charge in [0.25, 0.3) is 5.91 Å². The van der Waals surface area contributed by atoms with E-state index < -0.39 is 57.7 Å². The van der Waals surface area contributed by atoms with Crippen molar-refractivity contribution in [2.45, 2.75) is 5.37 Å². The summed E-state index contributed by atoms with van der Waals surface area (Å²) in [7, 11) is -4.01. The Labute approximate surface area is 217 Å². The van der Waals surface area contributed by atoms with Crippen LogP contribution in [-0.2, 0) is 29.0 Å². The minimum absolute atomic E-state index is 0. The molecule has 0 saturated carbocycles. The first-order valence-corrected chi connectivity index (χ1v) is 11.4. The first-order chi connectivity index (χ1) is 15.8. The largest absolute Gasteiger partial charge is 1.00 e. The first kappa shape index (κ1) is 25.6. The third-order valence-corrected chi connectivity index (χ3v) is 6.85. The molecule has 170 valence electrons. The molecule has 1 aromatic carbocycles. The second-order valence-electron chi connectivity index (χ2n) is 7.19. The molecule has 12 heteroatoms. The molecule has 2 aliphatic heterocycles. The maximum absolute atomic E-state index is 12.9. The number of hydrogen-bond donors (Lipinski definition) is 0. The predicted octanol–water partition coefficient (Wildman–Crippen LogP) is -3.31. The van der Waals surface area contributed by atoms with Crippen LogP contribution in [0.3, 0.4) is 0 Å². The number of fused-ring (bicyclic) bond motifs is 1. The van der Waals surface area contributed by atoms with Crippen molar-refractivity contribution in [2.24, 2.45) is 0 Å². The normalized spacial score (nSPS) is 19.5. The maximum Gasteiger partial charge on any atom is 1.00 e. The minimum Gasteiger partial charge on any atom is -0.543 e. The summed E-state index contributed by atoms with van der Waals surface area (Å²) in [4.78, 5) is 41.1. The number of esters is 1. The number of para-hydroxylation sites is 1. The number of nitrogens with zero attached hydrogens (tertiary/aromatic N) is 2. The molecule has 2 aliphatic rings. The summed E-state index contributed by atoms with van der Waals surface area (Å²) in [6.07, 6.45) is 2.78. The fourth-order valence-corrected chi connectivity index (χ4v) is 5.47. The Morgan fingerprint density at radius 2 is 1.85 bits per heavy atom. The molecule has 0 radical (unpaired) electrons. The zero-order valence-corrected chi connectivity index (χ0v) is 20.9. The molecule has 0 aliphatic carbocycles. The van der Waals surface area contributed by atoms with E-state index in [1.165, 1.54) is 12.3 Å². The van der Waals surface area contributed by atoms with E-state index in [2.05, 4.69) is 4.98 Å². The van der Waals surface area contributed by atoms with Crippen LogP contribution in [0.1, 0.15) is 5.69 Å². The van der Waals surface area contributed by atoms with E-state index in [0.29, 0.717) is 16.3 Å². The molecule has 1 unspecified atom stereocenters. The number of carbonyl (C=O) groups excluding carboxylic acids is 3. The van der Waals surface area contributed by atoms with Crippen LogP contribution >= 0.6 is 0 Å². The Hall–Kier alpha value is -2.99. The van der Waals surface area contributed by atoms with Gasteiger partial charge in [-0.2, -0.15) is 0 Å². The van der Waals surface area contributed by atoms with Gasteiger partial charge in [0.05, 0.1) is 28.7 Å². The summed E-state index contributed by atoms with van der Waals surface area (Å²) in [5.74, 6) is -3.67. The van der Waals surface area contributed by atoms with Crippen LogP contribution in [0.15, 0.2) is 71.6 Å². The third-order valence-electron chi connectivity index (χ3n) is 4.95. The van der Waals surface area contributed by atoms with E-state index in [4.69, 9.17) is 9.47 Å². The minimum atomic E-state index is -4.01. The van der Waals surface area contributed by atoms with Gasteiger partial charge in [0, 0.05) is 11.8 Å². The van der Waals surface area contributed by atoms with Gasteiger partial charge in [-0.3, -0.25) is 14.7 Å². The van der Waals surface area contributed by atoms with E-state index in [1.807, 2.05) is 0 Å². The number of sulfone groups is 1. The van der Waals surface area contributed by atoms with Crippen molar-refractivity contribution in [1.29, 1.82) is 0 Å². The van der Waals surface area contributed by atoms with Crippen LogP contribution in [0.5, 0.6) is 5.75 Å². The topological polar surface area (TPSA) is 143 Å². The van der Waals surface area contributed by atoms with Crippen molar-refractivity contribution in [3.8, 4) is 5.75 Å². The summed E-state index contributed by atoms with van der Waals surface area (Å²) >= 11 is 0. The standard InChI is InChI=1S/C22H18N2O8S.Na/c25-18(12-31-16-7-2-1-3-8-16)32-11-14-13-33(29,30)21-17(10-15-6-4-5-9-23-15)20(26)24(21)19(14)22(27)28;/h1-10,21H,11-13H2,(H,27,28);/q;+1/p-1/b17-10-;. The molecular formula is C22H17N2NaO8S. The van der Waals surface area contributed by atoms with Crippen molar-refractivity contribution < 1.29 is 66.9 Å². The monoisotopic (exact) mass is 492 g/mol. The Kier molecular flexibility index (Phi) is 7.93. The molecule has 0 bridgehead atoms. The molecule has 1 aromatic heterocycles. The van der Waals surface area contributed by atoms with Gasteiger partial charge in [0.1, 0.15) is 12.4 Å². The molecule has 10 nitrogen and oxygen atoms in total. The number of aliphatic carboxylic acids is 1. The van der Waals surface area contributed by atoms with E-state index >= 15 is 0 Å². The maximum atomic E-state index is 12.9. The molecule has 4 rings (SSSR count). The number of hydrogen-bond acceptors (Lipinski definition) is 9. The summed E-state index contributed by atoms with van der Waals surface area (Å²) in [6.45, 7) is -1.11. The van der Waals surface area contributed by atoms with Crippen molar-refractivity contribution in [1.82, 2.24) is 9.88 Å². The first-order valence-electron chi connectivity index (χ1n) is 9.72. The second-order valence-corrected chi connectivity index (χ2v) is 9.25. The quantitative estimate of drug-likeness (QED) is 0.168. The van der Waals surface area contributed by atoms with Crippen LogP contribution in [0, 0.1) is 0 Å². The summed E-state index contributed by atoms with van der Waals surface area (Å²) in [5, 5.41) is 10.3. The molecule has 2 aromatic rings. The number of benzene rings is 1. The predicted molar refractivity (Wildman–Crippen MR) is 112 cm³/mol. The number of carboxylic acid groups (broad SMARTS) is 1. The van der Waals surface area contributed by atoms with Crippen LogP contribution in [0.2, 0.25) is 0 Å².